The van der Waals surface area contributed by atoms with E-state index in [0.717, 1.165) is 30.8 Å². The number of fused-ring (bicyclic) bond motifs is 1. The van der Waals surface area contributed by atoms with Gasteiger partial charge < -0.3 is 15.4 Å². The third-order valence-corrected chi connectivity index (χ3v) is 3.57. The summed E-state index contributed by atoms with van der Waals surface area (Å²) in [5.74, 6) is 1.30. The molecule has 0 saturated carbocycles. The lowest BCUT2D eigenvalue weighted by atomic mass is 9.96. The van der Waals surface area contributed by atoms with Gasteiger partial charge in [-0.1, -0.05) is 19.4 Å². The molecule has 0 bridgehead atoms. The number of hydrogen-bond donors (Lipinski definition) is 2. The van der Waals surface area contributed by atoms with Gasteiger partial charge in [0.15, 0.2) is 6.10 Å². The fraction of sp³-hybridized carbons (Fsp3) is 0.533. The van der Waals surface area contributed by atoms with Crippen molar-refractivity contribution in [3.8, 4) is 5.75 Å². The number of carbonyl (C=O) groups excluding carboxylic acids is 1. The van der Waals surface area contributed by atoms with Crippen LogP contribution in [0.4, 0.5) is 5.69 Å². The van der Waals surface area contributed by atoms with Gasteiger partial charge in [-0.05, 0) is 50.6 Å². The summed E-state index contributed by atoms with van der Waals surface area (Å²) < 4.78 is 5.55. The quantitative estimate of drug-likeness (QED) is 0.855. The van der Waals surface area contributed by atoms with Crippen molar-refractivity contribution in [2.45, 2.75) is 32.8 Å². The second kappa shape index (κ2) is 6.06. The molecule has 1 aromatic carbocycles. The molecule has 1 aromatic rings. The number of hydrogen-bond acceptors (Lipinski definition) is 3. The van der Waals surface area contributed by atoms with Crippen LogP contribution in [-0.4, -0.2) is 25.6 Å². The summed E-state index contributed by atoms with van der Waals surface area (Å²) in [5, 5.41) is 6.11. The molecule has 1 heterocycles. The van der Waals surface area contributed by atoms with Gasteiger partial charge in [-0.3, -0.25) is 4.79 Å². The Labute approximate surface area is 114 Å². The predicted octanol–water partition coefficient (Wildman–Crippen LogP) is 2.19. The molecule has 2 unspecified atom stereocenters. The first-order valence-electron chi connectivity index (χ1n) is 6.89. The Bertz CT molecular complexity index is 459. The molecule has 4 nitrogen and oxygen atoms in total. The van der Waals surface area contributed by atoms with Crippen LogP contribution in [0.3, 0.4) is 0 Å². The van der Waals surface area contributed by atoms with E-state index in [4.69, 9.17) is 4.74 Å². The van der Waals surface area contributed by atoms with Crippen molar-refractivity contribution in [2.24, 2.45) is 5.92 Å². The topological polar surface area (TPSA) is 50.4 Å². The Morgan fingerprint density at radius 1 is 1.47 bits per heavy atom. The van der Waals surface area contributed by atoms with Gasteiger partial charge in [0.1, 0.15) is 5.75 Å². The van der Waals surface area contributed by atoms with E-state index in [9.17, 15) is 4.79 Å². The molecule has 4 heteroatoms. The summed E-state index contributed by atoms with van der Waals surface area (Å²) in [4.78, 5) is 11.6. The highest BCUT2D eigenvalue weighted by Crippen LogP contribution is 2.31. The summed E-state index contributed by atoms with van der Waals surface area (Å²) in [7, 11) is 1.98. The molecule has 104 valence electrons. The first kappa shape index (κ1) is 13.9. The molecule has 19 heavy (non-hydrogen) atoms. The first-order valence-corrected chi connectivity index (χ1v) is 6.89. The van der Waals surface area contributed by atoms with E-state index in [1.807, 2.05) is 19.2 Å². The number of benzene rings is 1. The Morgan fingerprint density at radius 2 is 2.26 bits per heavy atom. The fourth-order valence-electron chi connectivity index (χ4n) is 2.37. The second-order valence-electron chi connectivity index (χ2n) is 5.12. The third kappa shape index (κ3) is 3.26. The fourth-order valence-corrected chi connectivity index (χ4v) is 2.37. The zero-order valence-corrected chi connectivity index (χ0v) is 11.8. The second-order valence-corrected chi connectivity index (χ2v) is 5.12. The highest BCUT2D eigenvalue weighted by molar-refractivity contribution is 5.97. The molecule has 0 aliphatic carbocycles. The highest BCUT2D eigenvalue weighted by atomic mass is 16.5. The Balaban J connectivity index is 2.12. The molecule has 1 aliphatic heterocycles. The molecule has 2 atom stereocenters. The normalized spacial score (nSPS) is 19.3. The van der Waals surface area contributed by atoms with Crippen LogP contribution >= 0.6 is 0 Å². The van der Waals surface area contributed by atoms with Crippen molar-refractivity contribution < 1.29 is 9.53 Å². The molecule has 0 spiro atoms. The third-order valence-electron chi connectivity index (χ3n) is 3.57. The van der Waals surface area contributed by atoms with Crippen LogP contribution < -0.4 is 15.4 Å². The highest BCUT2D eigenvalue weighted by Gasteiger charge is 2.23. The lowest BCUT2D eigenvalue weighted by Crippen LogP contribution is -2.34. The number of rotatable bonds is 5. The van der Waals surface area contributed by atoms with E-state index in [2.05, 4.69) is 23.6 Å². The molecule has 2 N–H and O–H groups in total. The lowest BCUT2D eigenvalue weighted by molar-refractivity contribution is -0.122. The minimum absolute atomic E-state index is 0.0769. The summed E-state index contributed by atoms with van der Waals surface area (Å²) in [5.41, 5.74) is 2.03. The van der Waals surface area contributed by atoms with Crippen molar-refractivity contribution in [2.75, 3.05) is 18.9 Å². The molecule has 0 fully saturated rings. The Morgan fingerprint density at radius 3 is 2.95 bits per heavy atom. The van der Waals surface area contributed by atoms with Gasteiger partial charge in [-0.15, -0.1) is 0 Å². The molecule has 0 radical (unpaired) electrons. The number of anilines is 1. The molecular weight excluding hydrogens is 240 g/mol. The van der Waals surface area contributed by atoms with E-state index >= 15 is 0 Å². The minimum atomic E-state index is -0.411. The zero-order valence-electron chi connectivity index (χ0n) is 11.8. The summed E-state index contributed by atoms with van der Waals surface area (Å²) >= 11 is 0. The number of carbonyl (C=O) groups is 1. The minimum Gasteiger partial charge on any atom is -0.479 e. The number of ether oxygens (including phenoxy) is 1. The Kier molecular flexibility index (Phi) is 4.43. The van der Waals surface area contributed by atoms with Gasteiger partial charge in [0.25, 0.3) is 5.91 Å². The van der Waals surface area contributed by atoms with Crippen LogP contribution in [0.2, 0.25) is 0 Å². The lowest BCUT2D eigenvalue weighted by Gasteiger charge is -2.24. The summed E-state index contributed by atoms with van der Waals surface area (Å²) in [6.07, 6.45) is 1.74. The van der Waals surface area contributed by atoms with Crippen molar-refractivity contribution >= 4 is 11.6 Å². The van der Waals surface area contributed by atoms with Crippen LogP contribution in [0.5, 0.6) is 5.75 Å². The van der Waals surface area contributed by atoms with E-state index < -0.39 is 6.10 Å². The van der Waals surface area contributed by atoms with Crippen molar-refractivity contribution in [1.29, 1.82) is 0 Å². The predicted molar refractivity (Wildman–Crippen MR) is 76.6 cm³/mol. The monoisotopic (exact) mass is 262 g/mol. The van der Waals surface area contributed by atoms with Crippen LogP contribution in [0, 0.1) is 5.92 Å². The molecule has 2 rings (SSSR count). The van der Waals surface area contributed by atoms with Crippen LogP contribution in [-0.2, 0) is 11.2 Å². The Hall–Kier alpha value is -1.55. The standard InChI is InChI=1S/C15H22N2O2/c1-4-11(9-16-3)7-12-5-6-14-13(8-12)17-15(18)10(2)19-14/h5-6,8,10-11,16H,4,7,9H2,1-3H3,(H,17,18). The largest absolute Gasteiger partial charge is 0.479 e. The zero-order chi connectivity index (χ0) is 13.8. The van der Waals surface area contributed by atoms with Crippen molar-refractivity contribution in [3.63, 3.8) is 0 Å². The molecule has 0 aromatic heterocycles. The number of nitrogens with one attached hydrogen (secondary N) is 2. The smallest absolute Gasteiger partial charge is 0.265 e. The average molecular weight is 262 g/mol. The first-order chi connectivity index (χ1) is 9.13. The van der Waals surface area contributed by atoms with Crippen molar-refractivity contribution in [1.82, 2.24) is 5.32 Å². The van der Waals surface area contributed by atoms with E-state index in [0.29, 0.717) is 5.92 Å². The summed E-state index contributed by atoms with van der Waals surface area (Å²) in [6, 6.07) is 6.06. The van der Waals surface area contributed by atoms with E-state index in [1.54, 1.807) is 6.92 Å². The molecule has 0 saturated heterocycles. The van der Waals surface area contributed by atoms with Gasteiger partial charge in [0, 0.05) is 0 Å². The van der Waals surface area contributed by atoms with Gasteiger partial charge in [-0.2, -0.15) is 0 Å². The van der Waals surface area contributed by atoms with Gasteiger partial charge in [0.05, 0.1) is 5.69 Å². The summed E-state index contributed by atoms with van der Waals surface area (Å²) in [6.45, 7) is 4.96. The van der Waals surface area contributed by atoms with Gasteiger partial charge in [0.2, 0.25) is 0 Å². The maximum absolute atomic E-state index is 11.6. The van der Waals surface area contributed by atoms with Crippen LogP contribution in [0.25, 0.3) is 0 Å². The molecule has 1 aliphatic rings. The number of amides is 1. The van der Waals surface area contributed by atoms with Gasteiger partial charge >= 0.3 is 0 Å². The van der Waals surface area contributed by atoms with Crippen molar-refractivity contribution in [3.05, 3.63) is 23.8 Å². The van der Waals surface area contributed by atoms with Crippen LogP contribution in [0.15, 0.2) is 18.2 Å². The maximum atomic E-state index is 11.6. The van der Waals surface area contributed by atoms with Crippen LogP contribution in [0.1, 0.15) is 25.8 Å². The molecule has 1 amide bonds. The van der Waals surface area contributed by atoms with Gasteiger partial charge in [-0.25, -0.2) is 0 Å². The van der Waals surface area contributed by atoms with E-state index in [1.165, 1.54) is 5.56 Å². The maximum Gasteiger partial charge on any atom is 0.265 e. The van der Waals surface area contributed by atoms with E-state index in [-0.39, 0.29) is 5.91 Å². The molecular formula is C15H22N2O2. The average Bonchev–Trinajstić information content (AvgIpc) is 2.40. The SMILES string of the molecule is CCC(CNC)Cc1ccc2c(c1)NC(=O)C(C)O2.